The standard InChI is InChI=1S/C25H21B3F2N8O.CHF3/c1-13-11-36(6-7-37(13)24(39)18(10-32)22(29)30)23-20-16(14-2-3-14)4-5-17(21(20)33-12-34-23)19-8-15(9-31)38(35-19)25(26,27)28;2-1(3)4/h4-5,8,12-14,18,22H,2-3,6-7,11H2,1H3;1H. The zero-order chi connectivity index (χ0) is 31.6. The summed E-state index contributed by atoms with van der Waals surface area (Å²) >= 11 is 0. The second-order valence-electron chi connectivity index (χ2n) is 10.2. The van der Waals surface area contributed by atoms with Crippen molar-refractivity contribution in [3.05, 3.63) is 35.8 Å². The minimum absolute atomic E-state index is 0.0836. The Bertz CT molecular complexity index is 1580. The molecule has 216 valence electrons. The van der Waals surface area contributed by atoms with Gasteiger partial charge in [0.05, 0.1) is 40.8 Å². The van der Waals surface area contributed by atoms with Crippen molar-refractivity contribution >= 4 is 46.2 Å². The Hall–Kier alpha value is -4.14. The minimum atomic E-state index is -3.67. The predicted molar refractivity (Wildman–Crippen MR) is 148 cm³/mol. The van der Waals surface area contributed by atoms with Crippen molar-refractivity contribution in [2.24, 2.45) is 5.92 Å². The summed E-state index contributed by atoms with van der Waals surface area (Å²) in [5.74, 6) is -1.87. The Balaban J connectivity index is 0.000000996. The van der Waals surface area contributed by atoms with E-state index in [1.807, 2.05) is 23.1 Å². The van der Waals surface area contributed by atoms with Crippen LogP contribution in [0.25, 0.3) is 22.2 Å². The lowest BCUT2D eigenvalue weighted by atomic mass is 9.49. The number of amides is 1. The maximum absolute atomic E-state index is 13.2. The van der Waals surface area contributed by atoms with Gasteiger partial charge in [-0.1, -0.05) is 12.1 Å². The summed E-state index contributed by atoms with van der Waals surface area (Å²) in [5.41, 5.74) is 2.81. The van der Waals surface area contributed by atoms with Crippen molar-refractivity contribution in [3.63, 3.8) is 0 Å². The van der Waals surface area contributed by atoms with Crippen LogP contribution in [-0.4, -0.2) is 92.9 Å². The molecular weight excluding hydrogens is 568 g/mol. The fraction of sp³-hybridized carbons (Fsp3) is 0.462. The largest absolute Gasteiger partial charge is 0.379 e. The van der Waals surface area contributed by atoms with Crippen LogP contribution >= 0.6 is 0 Å². The molecule has 43 heavy (non-hydrogen) atoms. The second kappa shape index (κ2) is 12.6. The van der Waals surface area contributed by atoms with Gasteiger partial charge in [0.1, 0.15) is 23.9 Å². The molecule has 1 saturated heterocycles. The minimum Gasteiger partial charge on any atom is -0.352 e. The molecule has 9 nitrogen and oxygen atoms in total. The van der Waals surface area contributed by atoms with Gasteiger partial charge in [0.25, 0.3) is 6.43 Å². The fourth-order valence-electron chi connectivity index (χ4n) is 5.13. The van der Waals surface area contributed by atoms with Crippen LogP contribution in [0.1, 0.15) is 36.9 Å². The Kier molecular flexibility index (Phi) is 9.33. The Morgan fingerprint density at radius 1 is 1.09 bits per heavy atom. The highest BCUT2D eigenvalue weighted by Gasteiger charge is 2.38. The van der Waals surface area contributed by atoms with Crippen molar-refractivity contribution in [3.8, 4) is 23.4 Å². The first-order valence-corrected chi connectivity index (χ1v) is 13.1. The molecule has 2 aliphatic rings. The molecule has 1 aliphatic heterocycles. The highest BCUT2D eigenvalue weighted by atomic mass is 19.4. The molecule has 1 aromatic carbocycles. The Labute approximate surface area is 247 Å². The molecule has 2 atom stereocenters. The fourth-order valence-corrected chi connectivity index (χ4v) is 5.13. The third kappa shape index (κ3) is 6.76. The van der Waals surface area contributed by atoms with Crippen LogP contribution in [0.15, 0.2) is 24.5 Å². The van der Waals surface area contributed by atoms with E-state index in [0.29, 0.717) is 41.6 Å². The molecule has 0 N–H and O–H groups in total. The van der Waals surface area contributed by atoms with Crippen LogP contribution in [0, 0.1) is 28.6 Å². The zero-order valence-corrected chi connectivity index (χ0v) is 22.8. The molecule has 0 spiro atoms. The number of halogens is 5. The highest BCUT2D eigenvalue weighted by molar-refractivity contribution is 6.56. The number of anilines is 1. The van der Waals surface area contributed by atoms with E-state index in [9.17, 15) is 32.0 Å². The van der Waals surface area contributed by atoms with E-state index in [1.54, 1.807) is 6.92 Å². The number of hydrogen-bond acceptors (Lipinski definition) is 7. The second-order valence-corrected chi connectivity index (χ2v) is 10.2. The average Bonchev–Trinajstić information content (AvgIpc) is 3.68. The molecule has 0 bridgehead atoms. The topological polar surface area (TPSA) is 115 Å². The molecule has 2 aromatic heterocycles. The summed E-state index contributed by atoms with van der Waals surface area (Å²) in [6.07, 6.45) is 0.428. The van der Waals surface area contributed by atoms with Crippen molar-refractivity contribution in [1.82, 2.24) is 24.6 Å². The molecule has 1 saturated carbocycles. The third-order valence-corrected chi connectivity index (χ3v) is 7.15. The van der Waals surface area contributed by atoms with Gasteiger partial charge in [-0.05, 0) is 36.5 Å². The smallest absolute Gasteiger partial charge is 0.352 e. The van der Waals surface area contributed by atoms with E-state index in [2.05, 4.69) is 15.1 Å². The molecular formula is C26H22B3F5N8O. The van der Waals surface area contributed by atoms with Gasteiger partial charge in [-0.15, -0.1) is 0 Å². The number of alkyl halides is 5. The van der Waals surface area contributed by atoms with Crippen molar-refractivity contribution in [2.45, 2.75) is 50.1 Å². The molecule has 17 heteroatoms. The van der Waals surface area contributed by atoms with Crippen molar-refractivity contribution in [2.75, 3.05) is 24.5 Å². The number of fused-ring (bicyclic) bond motifs is 1. The summed E-state index contributed by atoms with van der Waals surface area (Å²) in [6.45, 7) is -1.08. The summed E-state index contributed by atoms with van der Waals surface area (Å²) in [5, 5.41) is 22.0. The number of hydrogen-bond donors (Lipinski definition) is 0. The van der Waals surface area contributed by atoms with Crippen LogP contribution in [0.3, 0.4) is 0 Å². The van der Waals surface area contributed by atoms with Crippen LogP contribution in [0.2, 0.25) is 0 Å². The first kappa shape index (κ1) is 31.8. The average molecular weight is 590 g/mol. The Morgan fingerprint density at radius 3 is 2.28 bits per heavy atom. The molecule has 6 radical (unpaired) electrons. The van der Waals surface area contributed by atoms with Crippen LogP contribution in [0.4, 0.5) is 27.8 Å². The normalized spacial score (nSPS) is 17.8. The zero-order valence-electron chi connectivity index (χ0n) is 22.8. The first-order chi connectivity index (χ1) is 20.3. The van der Waals surface area contributed by atoms with Crippen LogP contribution in [0.5, 0.6) is 0 Å². The quantitative estimate of drug-likeness (QED) is 0.321. The van der Waals surface area contributed by atoms with Gasteiger partial charge >= 0.3 is 6.68 Å². The molecule has 2 fully saturated rings. The SMILES string of the molecule is FC(F)F.[B]C([B])([B])n1nc(-c2ccc(C3CC3)c3c(N4CCN(C(=O)C(C#N)C(F)F)C(C)C4)ncnc23)cc1C#N. The van der Waals surface area contributed by atoms with Gasteiger partial charge in [-0.25, -0.2) is 18.7 Å². The first-order valence-electron chi connectivity index (χ1n) is 13.1. The number of nitriles is 2. The van der Waals surface area contributed by atoms with Gasteiger partial charge in [0, 0.05) is 42.7 Å². The van der Waals surface area contributed by atoms with E-state index in [4.69, 9.17) is 28.8 Å². The van der Waals surface area contributed by atoms with Crippen LogP contribution < -0.4 is 4.90 Å². The maximum atomic E-state index is 13.2. The van der Waals surface area contributed by atoms with E-state index in [-0.39, 0.29) is 12.2 Å². The number of piperazine rings is 1. The summed E-state index contributed by atoms with van der Waals surface area (Å²) < 4.78 is 56.5. The number of carbonyl (C=O) groups is 1. The van der Waals surface area contributed by atoms with Crippen LogP contribution in [-0.2, 0) is 10.0 Å². The van der Waals surface area contributed by atoms with E-state index >= 15 is 0 Å². The van der Waals surface area contributed by atoms with Gasteiger partial charge in [-0.3, -0.25) is 9.48 Å². The number of rotatable bonds is 6. The van der Waals surface area contributed by atoms with Gasteiger partial charge in [0.2, 0.25) is 5.91 Å². The Morgan fingerprint density at radius 2 is 1.77 bits per heavy atom. The molecule has 1 amide bonds. The predicted octanol–water partition coefficient (Wildman–Crippen LogP) is 2.94. The van der Waals surface area contributed by atoms with Crippen molar-refractivity contribution in [1.29, 1.82) is 10.5 Å². The lowest BCUT2D eigenvalue weighted by molar-refractivity contribution is -0.140. The monoisotopic (exact) mass is 590 g/mol. The van der Waals surface area contributed by atoms with Gasteiger partial charge in [-0.2, -0.15) is 28.8 Å². The van der Waals surface area contributed by atoms with Gasteiger partial charge in [0.15, 0.2) is 5.92 Å². The summed E-state index contributed by atoms with van der Waals surface area (Å²) in [6, 6.07) is 8.42. The van der Waals surface area contributed by atoms with E-state index in [0.717, 1.165) is 28.5 Å². The highest BCUT2D eigenvalue weighted by Crippen LogP contribution is 2.46. The summed E-state index contributed by atoms with van der Waals surface area (Å²) in [4.78, 5) is 25.2. The molecule has 3 aromatic rings. The number of nitrogens with zero attached hydrogens (tertiary/aromatic N) is 8. The molecule has 5 rings (SSSR count). The summed E-state index contributed by atoms with van der Waals surface area (Å²) in [7, 11) is 17.4. The van der Waals surface area contributed by atoms with E-state index in [1.165, 1.54) is 23.4 Å². The lowest BCUT2D eigenvalue weighted by Crippen LogP contribution is -2.56. The molecule has 1 aliphatic carbocycles. The van der Waals surface area contributed by atoms with Crippen molar-refractivity contribution < 1.29 is 26.7 Å². The molecule has 2 unspecified atom stereocenters. The number of carbonyl (C=O) groups excluding carboxylic acids is 1. The third-order valence-electron chi connectivity index (χ3n) is 7.15. The lowest BCUT2D eigenvalue weighted by Gasteiger charge is -2.41. The molecule has 3 heterocycles. The maximum Gasteiger partial charge on any atom is 0.379 e. The number of benzene rings is 1. The van der Waals surface area contributed by atoms with Gasteiger partial charge < -0.3 is 9.80 Å². The van der Waals surface area contributed by atoms with E-state index < -0.39 is 36.2 Å². The number of aromatic nitrogens is 4.